The Morgan fingerprint density at radius 3 is 2.38 bits per heavy atom. The summed E-state index contributed by atoms with van der Waals surface area (Å²) in [6.07, 6.45) is 1.15. The van der Waals surface area contributed by atoms with E-state index in [1.165, 1.54) is 11.1 Å². The standard InChI is InChI=1S/C12H17Cl/c1-5-12(3,4)11-7-6-10(13)8-9(11)2/h6-8H,5H2,1-4H3. The third kappa shape index (κ3) is 2.25. The van der Waals surface area contributed by atoms with Gasteiger partial charge in [-0.25, -0.2) is 0 Å². The molecule has 0 aliphatic rings. The van der Waals surface area contributed by atoms with Crippen LogP contribution in [0.2, 0.25) is 5.02 Å². The topological polar surface area (TPSA) is 0 Å². The van der Waals surface area contributed by atoms with Crippen molar-refractivity contribution in [2.24, 2.45) is 0 Å². The fraction of sp³-hybridized carbons (Fsp3) is 0.500. The van der Waals surface area contributed by atoms with E-state index in [1.54, 1.807) is 0 Å². The molecule has 1 rings (SSSR count). The smallest absolute Gasteiger partial charge is 0.0408 e. The van der Waals surface area contributed by atoms with Crippen molar-refractivity contribution < 1.29 is 0 Å². The van der Waals surface area contributed by atoms with Crippen molar-refractivity contribution in [2.45, 2.75) is 39.5 Å². The van der Waals surface area contributed by atoms with Gasteiger partial charge in [-0.05, 0) is 42.0 Å². The molecule has 0 fully saturated rings. The van der Waals surface area contributed by atoms with Gasteiger partial charge in [-0.2, -0.15) is 0 Å². The molecule has 1 aromatic rings. The van der Waals surface area contributed by atoms with Gasteiger partial charge >= 0.3 is 0 Å². The first-order valence-electron chi connectivity index (χ1n) is 4.74. The second kappa shape index (κ2) is 3.71. The molecule has 0 radical (unpaired) electrons. The summed E-state index contributed by atoms with van der Waals surface area (Å²) < 4.78 is 0. The van der Waals surface area contributed by atoms with E-state index in [2.05, 4.69) is 33.8 Å². The van der Waals surface area contributed by atoms with E-state index < -0.39 is 0 Å². The Balaban J connectivity index is 3.16. The van der Waals surface area contributed by atoms with Gasteiger partial charge in [0, 0.05) is 5.02 Å². The molecule has 0 saturated carbocycles. The summed E-state index contributed by atoms with van der Waals surface area (Å²) in [4.78, 5) is 0. The number of benzene rings is 1. The quantitative estimate of drug-likeness (QED) is 0.661. The summed E-state index contributed by atoms with van der Waals surface area (Å²) in [7, 11) is 0. The van der Waals surface area contributed by atoms with Gasteiger partial charge in [0.05, 0.1) is 0 Å². The average molecular weight is 197 g/mol. The third-order valence-electron chi connectivity index (χ3n) is 2.80. The lowest BCUT2D eigenvalue weighted by atomic mass is 9.80. The van der Waals surface area contributed by atoms with E-state index in [1.807, 2.05) is 12.1 Å². The maximum Gasteiger partial charge on any atom is 0.0408 e. The molecule has 0 nitrogen and oxygen atoms in total. The minimum atomic E-state index is 0.259. The van der Waals surface area contributed by atoms with Gasteiger partial charge in [0.25, 0.3) is 0 Å². The first-order valence-corrected chi connectivity index (χ1v) is 5.12. The molecule has 72 valence electrons. The lowest BCUT2D eigenvalue weighted by Crippen LogP contribution is -2.16. The molecular weight excluding hydrogens is 180 g/mol. The molecule has 0 N–H and O–H groups in total. The Labute approximate surface area is 85.9 Å². The van der Waals surface area contributed by atoms with Crippen LogP contribution in [0.25, 0.3) is 0 Å². The van der Waals surface area contributed by atoms with Gasteiger partial charge in [-0.3, -0.25) is 0 Å². The lowest BCUT2D eigenvalue weighted by molar-refractivity contribution is 0.503. The largest absolute Gasteiger partial charge is 0.0843 e. The molecule has 13 heavy (non-hydrogen) atoms. The van der Waals surface area contributed by atoms with Crippen LogP contribution >= 0.6 is 11.6 Å². The zero-order valence-electron chi connectivity index (χ0n) is 8.82. The van der Waals surface area contributed by atoms with E-state index in [0.717, 1.165) is 11.4 Å². The molecule has 0 aliphatic carbocycles. The van der Waals surface area contributed by atoms with Gasteiger partial charge in [-0.15, -0.1) is 0 Å². The third-order valence-corrected chi connectivity index (χ3v) is 3.04. The fourth-order valence-corrected chi connectivity index (χ4v) is 1.80. The summed E-state index contributed by atoms with van der Waals surface area (Å²) in [6, 6.07) is 6.15. The normalized spacial score (nSPS) is 11.8. The van der Waals surface area contributed by atoms with Crippen molar-refractivity contribution in [3.8, 4) is 0 Å². The summed E-state index contributed by atoms with van der Waals surface area (Å²) >= 11 is 5.91. The molecule has 1 aromatic carbocycles. The van der Waals surface area contributed by atoms with Crippen LogP contribution in [0.15, 0.2) is 18.2 Å². The average Bonchev–Trinajstić information content (AvgIpc) is 2.03. The maximum atomic E-state index is 5.91. The summed E-state index contributed by atoms with van der Waals surface area (Å²) in [5.41, 5.74) is 2.95. The summed E-state index contributed by atoms with van der Waals surface area (Å²) in [5, 5.41) is 0.827. The van der Waals surface area contributed by atoms with Crippen LogP contribution < -0.4 is 0 Å². The van der Waals surface area contributed by atoms with Gasteiger partial charge in [0.15, 0.2) is 0 Å². The zero-order valence-corrected chi connectivity index (χ0v) is 9.57. The molecule has 0 amide bonds. The second-order valence-corrected chi connectivity index (χ2v) is 4.63. The minimum Gasteiger partial charge on any atom is -0.0843 e. The van der Waals surface area contributed by atoms with E-state index in [9.17, 15) is 0 Å². The highest BCUT2D eigenvalue weighted by Crippen LogP contribution is 2.30. The van der Waals surface area contributed by atoms with Crippen molar-refractivity contribution in [1.82, 2.24) is 0 Å². The highest BCUT2D eigenvalue weighted by Gasteiger charge is 2.19. The van der Waals surface area contributed by atoms with Crippen LogP contribution in [0.3, 0.4) is 0 Å². The molecule has 1 heteroatoms. The number of hydrogen-bond donors (Lipinski definition) is 0. The highest BCUT2D eigenvalue weighted by molar-refractivity contribution is 6.30. The van der Waals surface area contributed by atoms with Gasteiger partial charge in [-0.1, -0.05) is 38.4 Å². The Morgan fingerprint density at radius 1 is 1.31 bits per heavy atom. The van der Waals surface area contributed by atoms with Crippen LogP contribution in [-0.2, 0) is 5.41 Å². The van der Waals surface area contributed by atoms with Crippen molar-refractivity contribution in [1.29, 1.82) is 0 Å². The van der Waals surface area contributed by atoms with Gasteiger partial charge < -0.3 is 0 Å². The Hall–Kier alpha value is -0.490. The number of halogens is 1. The first-order chi connectivity index (χ1) is 5.97. The van der Waals surface area contributed by atoms with E-state index in [4.69, 9.17) is 11.6 Å². The van der Waals surface area contributed by atoms with Crippen LogP contribution in [0, 0.1) is 6.92 Å². The highest BCUT2D eigenvalue weighted by atomic mass is 35.5. The van der Waals surface area contributed by atoms with Gasteiger partial charge in [0.1, 0.15) is 0 Å². The zero-order chi connectivity index (χ0) is 10.1. The Morgan fingerprint density at radius 2 is 1.92 bits per heavy atom. The van der Waals surface area contributed by atoms with E-state index >= 15 is 0 Å². The Bertz CT molecular complexity index is 300. The van der Waals surface area contributed by atoms with Crippen LogP contribution in [0.4, 0.5) is 0 Å². The molecule has 0 aliphatic heterocycles. The predicted octanol–water partition coefficient (Wildman–Crippen LogP) is 4.34. The first kappa shape index (κ1) is 10.6. The molecule has 0 spiro atoms. The fourth-order valence-electron chi connectivity index (χ4n) is 1.58. The SMILES string of the molecule is CCC(C)(C)c1ccc(Cl)cc1C. The second-order valence-electron chi connectivity index (χ2n) is 4.20. The number of hydrogen-bond acceptors (Lipinski definition) is 0. The van der Waals surface area contributed by atoms with Crippen molar-refractivity contribution in [3.05, 3.63) is 34.3 Å². The van der Waals surface area contributed by atoms with Crippen LogP contribution in [0.5, 0.6) is 0 Å². The maximum absolute atomic E-state index is 5.91. The van der Waals surface area contributed by atoms with Crippen LogP contribution in [-0.4, -0.2) is 0 Å². The predicted molar refractivity (Wildman–Crippen MR) is 59.5 cm³/mol. The van der Waals surface area contributed by atoms with Crippen molar-refractivity contribution >= 4 is 11.6 Å². The molecule has 0 aromatic heterocycles. The monoisotopic (exact) mass is 196 g/mol. The number of aryl methyl sites for hydroxylation is 1. The van der Waals surface area contributed by atoms with E-state index in [0.29, 0.717) is 0 Å². The summed E-state index contributed by atoms with van der Waals surface area (Å²) in [6.45, 7) is 8.87. The Kier molecular flexibility index (Phi) is 3.02. The molecule has 0 atom stereocenters. The van der Waals surface area contributed by atoms with Crippen molar-refractivity contribution in [3.63, 3.8) is 0 Å². The molecule has 0 unspecified atom stereocenters. The number of rotatable bonds is 2. The molecular formula is C12H17Cl. The van der Waals surface area contributed by atoms with Crippen molar-refractivity contribution in [2.75, 3.05) is 0 Å². The van der Waals surface area contributed by atoms with Crippen LogP contribution in [0.1, 0.15) is 38.3 Å². The van der Waals surface area contributed by atoms with E-state index in [-0.39, 0.29) is 5.41 Å². The molecule has 0 bridgehead atoms. The lowest BCUT2D eigenvalue weighted by Gasteiger charge is -2.25. The minimum absolute atomic E-state index is 0.259. The molecule has 0 saturated heterocycles. The molecule has 0 heterocycles. The van der Waals surface area contributed by atoms with Gasteiger partial charge in [0.2, 0.25) is 0 Å². The summed E-state index contributed by atoms with van der Waals surface area (Å²) in [5.74, 6) is 0.